The molecule has 6 nitrogen and oxygen atoms in total. The molecule has 0 radical (unpaired) electrons. The summed E-state index contributed by atoms with van der Waals surface area (Å²) in [6.45, 7) is 1.42. The van der Waals surface area contributed by atoms with Crippen LogP contribution in [0.4, 0.5) is 5.69 Å². The van der Waals surface area contributed by atoms with Gasteiger partial charge in [0.25, 0.3) is 5.91 Å². The maximum Gasteiger partial charge on any atom is 0.339 e. The zero-order valence-electron chi connectivity index (χ0n) is 14.1. The lowest BCUT2D eigenvalue weighted by atomic mass is 10.1. The van der Waals surface area contributed by atoms with Gasteiger partial charge in [0.1, 0.15) is 0 Å². The third-order valence-electron chi connectivity index (χ3n) is 3.81. The molecule has 1 unspecified atom stereocenters. The van der Waals surface area contributed by atoms with E-state index < -0.39 is 23.5 Å². The number of aromatic nitrogens is 1. The van der Waals surface area contributed by atoms with Crippen LogP contribution in [0.1, 0.15) is 17.3 Å². The first-order valence-electron chi connectivity index (χ1n) is 7.94. The van der Waals surface area contributed by atoms with Crippen LogP contribution < -0.4 is 10.9 Å². The number of fused-ring (bicyclic) bond motifs is 1. The first-order valence-corrected chi connectivity index (χ1v) is 8.69. The number of rotatable bonds is 4. The average molecular weight is 405 g/mol. The van der Waals surface area contributed by atoms with Crippen molar-refractivity contribution in [3.05, 3.63) is 74.5 Å². The summed E-state index contributed by atoms with van der Waals surface area (Å²) >= 11 is 11.9. The van der Waals surface area contributed by atoms with E-state index in [4.69, 9.17) is 27.9 Å². The predicted octanol–water partition coefficient (Wildman–Crippen LogP) is 4.02. The van der Waals surface area contributed by atoms with E-state index >= 15 is 0 Å². The number of hydrogen-bond acceptors (Lipinski definition) is 4. The van der Waals surface area contributed by atoms with Gasteiger partial charge in [-0.05, 0) is 31.2 Å². The van der Waals surface area contributed by atoms with E-state index in [0.717, 1.165) is 6.07 Å². The molecule has 0 saturated heterocycles. The predicted molar refractivity (Wildman–Crippen MR) is 105 cm³/mol. The second-order valence-electron chi connectivity index (χ2n) is 5.75. The fraction of sp³-hybridized carbons (Fsp3) is 0.105. The Bertz CT molecular complexity index is 1090. The molecule has 0 spiro atoms. The number of esters is 1. The lowest BCUT2D eigenvalue weighted by Crippen LogP contribution is -2.30. The van der Waals surface area contributed by atoms with Crippen molar-refractivity contribution >= 4 is 51.7 Å². The Hall–Kier alpha value is -2.83. The van der Waals surface area contributed by atoms with E-state index in [1.807, 2.05) is 0 Å². The third kappa shape index (κ3) is 4.30. The Labute approximate surface area is 164 Å². The van der Waals surface area contributed by atoms with Crippen molar-refractivity contribution in [2.75, 3.05) is 5.32 Å². The van der Waals surface area contributed by atoms with Crippen LogP contribution in [0.15, 0.2) is 53.3 Å². The Balaban J connectivity index is 1.79. The molecule has 0 fully saturated rings. The number of benzene rings is 2. The first-order chi connectivity index (χ1) is 12.8. The fourth-order valence-electron chi connectivity index (χ4n) is 2.48. The zero-order chi connectivity index (χ0) is 19.6. The van der Waals surface area contributed by atoms with Crippen LogP contribution in [0.3, 0.4) is 0 Å². The first kappa shape index (κ1) is 18.9. The van der Waals surface area contributed by atoms with Gasteiger partial charge < -0.3 is 15.0 Å². The van der Waals surface area contributed by atoms with Crippen LogP contribution in [0, 0.1) is 0 Å². The van der Waals surface area contributed by atoms with Crippen molar-refractivity contribution in [2.45, 2.75) is 13.0 Å². The molecule has 1 amide bonds. The highest BCUT2D eigenvalue weighted by atomic mass is 35.5. The van der Waals surface area contributed by atoms with Gasteiger partial charge in [0.05, 0.1) is 16.3 Å². The summed E-state index contributed by atoms with van der Waals surface area (Å²) in [6, 6.07) is 12.6. The minimum atomic E-state index is -1.12. The molecule has 3 rings (SSSR count). The molecule has 0 saturated carbocycles. The van der Waals surface area contributed by atoms with E-state index in [0.29, 0.717) is 26.6 Å². The summed E-state index contributed by atoms with van der Waals surface area (Å²) in [4.78, 5) is 39.2. The SMILES string of the molecule is CC(OC(=O)c1cc(=O)[nH]c2ccccc12)C(=O)Nc1cc(Cl)ccc1Cl. The lowest BCUT2D eigenvalue weighted by Gasteiger charge is -2.15. The van der Waals surface area contributed by atoms with Gasteiger partial charge >= 0.3 is 5.97 Å². The highest BCUT2D eigenvalue weighted by Crippen LogP contribution is 2.25. The number of hydrogen-bond donors (Lipinski definition) is 2. The van der Waals surface area contributed by atoms with Gasteiger partial charge in [-0.2, -0.15) is 0 Å². The molecular weight excluding hydrogens is 391 g/mol. The van der Waals surface area contributed by atoms with Gasteiger partial charge in [0, 0.05) is 22.0 Å². The number of carbonyl (C=O) groups is 2. The zero-order valence-corrected chi connectivity index (χ0v) is 15.6. The number of pyridine rings is 1. The molecular formula is C19H14Cl2N2O4. The van der Waals surface area contributed by atoms with Crippen LogP contribution in [0.5, 0.6) is 0 Å². The van der Waals surface area contributed by atoms with E-state index in [1.165, 1.54) is 13.0 Å². The van der Waals surface area contributed by atoms with Crippen LogP contribution in [-0.2, 0) is 9.53 Å². The molecule has 1 atom stereocenters. The van der Waals surface area contributed by atoms with Crippen molar-refractivity contribution < 1.29 is 14.3 Å². The number of amides is 1. The van der Waals surface area contributed by atoms with Gasteiger partial charge in [-0.15, -0.1) is 0 Å². The number of para-hydroxylation sites is 1. The Morgan fingerprint density at radius 2 is 1.85 bits per heavy atom. The van der Waals surface area contributed by atoms with Gasteiger partial charge in [-0.1, -0.05) is 41.4 Å². The van der Waals surface area contributed by atoms with Crippen LogP contribution >= 0.6 is 23.2 Å². The topological polar surface area (TPSA) is 88.3 Å². The summed E-state index contributed by atoms with van der Waals surface area (Å²) in [6.07, 6.45) is -1.12. The molecule has 3 aromatic rings. The Morgan fingerprint density at radius 3 is 2.63 bits per heavy atom. The lowest BCUT2D eigenvalue weighted by molar-refractivity contribution is -0.123. The highest BCUT2D eigenvalue weighted by molar-refractivity contribution is 6.35. The van der Waals surface area contributed by atoms with E-state index in [9.17, 15) is 14.4 Å². The number of carbonyl (C=O) groups excluding carboxylic acids is 2. The van der Waals surface area contributed by atoms with Gasteiger partial charge in [-0.3, -0.25) is 9.59 Å². The van der Waals surface area contributed by atoms with Crippen LogP contribution in [0.2, 0.25) is 10.0 Å². The number of ether oxygens (including phenoxy) is 1. The minimum absolute atomic E-state index is 0.0785. The molecule has 0 bridgehead atoms. The molecule has 0 aliphatic heterocycles. The third-order valence-corrected chi connectivity index (χ3v) is 4.37. The van der Waals surface area contributed by atoms with Crippen molar-refractivity contribution in [3.8, 4) is 0 Å². The molecule has 8 heteroatoms. The summed E-state index contributed by atoms with van der Waals surface area (Å²) in [5.41, 5.74) is 0.441. The summed E-state index contributed by atoms with van der Waals surface area (Å²) in [7, 11) is 0. The second kappa shape index (κ2) is 7.82. The van der Waals surface area contributed by atoms with Crippen molar-refractivity contribution in [1.82, 2.24) is 4.98 Å². The molecule has 138 valence electrons. The maximum atomic E-state index is 12.5. The summed E-state index contributed by atoms with van der Waals surface area (Å²) in [5, 5.41) is 3.77. The van der Waals surface area contributed by atoms with E-state index in [-0.39, 0.29) is 5.56 Å². The highest BCUT2D eigenvalue weighted by Gasteiger charge is 2.21. The Kier molecular flexibility index (Phi) is 5.48. The molecule has 0 aliphatic carbocycles. The number of anilines is 1. The maximum absolute atomic E-state index is 12.5. The second-order valence-corrected chi connectivity index (χ2v) is 6.60. The molecule has 2 aromatic carbocycles. The standard InChI is InChI=1S/C19H14Cl2N2O4/c1-10(18(25)23-16-8-11(20)6-7-14(16)21)27-19(26)13-9-17(24)22-15-5-3-2-4-12(13)15/h2-10H,1H3,(H,22,24)(H,23,25). The van der Waals surface area contributed by atoms with Crippen molar-refractivity contribution in [3.63, 3.8) is 0 Å². The molecule has 1 aromatic heterocycles. The number of H-pyrrole nitrogens is 1. The molecule has 27 heavy (non-hydrogen) atoms. The number of nitrogens with one attached hydrogen (secondary N) is 2. The number of aromatic amines is 1. The largest absolute Gasteiger partial charge is 0.449 e. The minimum Gasteiger partial charge on any atom is -0.449 e. The average Bonchev–Trinajstić information content (AvgIpc) is 2.63. The fourth-order valence-corrected chi connectivity index (χ4v) is 2.82. The smallest absolute Gasteiger partial charge is 0.339 e. The van der Waals surface area contributed by atoms with E-state index in [2.05, 4.69) is 10.3 Å². The molecule has 1 heterocycles. The van der Waals surface area contributed by atoms with E-state index in [1.54, 1.807) is 36.4 Å². The summed E-state index contributed by atoms with van der Waals surface area (Å²) < 4.78 is 5.22. The van der Waals surface area contributed by atoms with Gasteiger partial charge in [0.2, 0.25) is 5.56 Å². The van der Waals surface area contributed by atoms with Gasteiger partial charge in [0.15, 0.2) is 6.10 Å². The quantitative estimate of drug-likeness (QED) is 0.642. The molecule has 0 aliphatic rings. The Morgan fingerprint density at radius 1 is 1.11 bits per heavy atom. The van der Waals surface area contributed by atoms with Crippen LogP contribution in [0.25, 0.3) is 10.9 Å². The van der Waals surface area contributed by atoms with Crippen LogP contribution in [-0.4, -0.2) is 23.0 Å². The monoisotopic (exact) mass is 404 g/mol. The summed E-state index contributed by atoms with van der Waals surface area (Å²) in [5.74, 6) is -1.36. The normalized spacial score (nSPS) is 11.8. The molecule has 2 N–H and O–H groups in total. The van der Waals surface area contributed by atoms with Gasteiger partial charge in [-0.25, -0.2) is 4.79 Å². The van der Waals surface area contributed by atoms with Crippen molar-refractivity contribution in [2.24, 2.45) is 0 Å². The number of halogens is 2. The van der Waals surface area contributed by atoms with Crippen molar-refractivity contribution in [1.29, 1.82) is 0 Å².